The average molecular weight is 611 g/mol. The highest BCUT2D eigenvalue weighted by molar-refractivity contribution is 5.90. The fraction of sp³-hybridized carbons (Fsp3) is 0.610. The number of carbonyl (C=O) groups is 2. The second kappa shape index (κ2) is 13.1. The molecule has 0 aliphatic heterocycles. The van der Waals surface area contributed by atoms with Crippen molar-refractivity contribution in [2.45, 2.75) is 111 Å². The van der Waals surface area contributed by atoms with Gasteiger partial charge in [-0.15, -0.1) is 0 Å². The monoisotopic (exact) mass is 610 g/mol. The number of hydrogen-bond acceptors (Lipinski definition) is 4. The molecule has 0 N–H and O–H groups in total. The van der Waals surface area contributed by atoms with Crippen molar-refractivity contribution in [2.75, 3.05) is 0 Å². The van der Waals surface area contributed by atoms with Gasteiger partial charge in [0.15, 0.2) is 0 Å². The normalized spacial score (nSPS) is 34.6. The highest BCUT2D eigenvalue weighted by atomic mass is 16.5. The van der Waals surface area contributed by atoms with Gasteiger partial charge in [0.2, 0.25) is 0 Å². The highest BCUT2D eigenvalue weighted by Crippen LogP contribution is 2.67. The Morgan fingerprint density at radius 1 is 0.778 bits per heavy atom. The summed E-state index contributed by atoms with van der Waals surface area (Å²) in [6.45, 7) is 12.2. The molecule has 2 aromatic rings. The van der Waals surface area contributed by atoms with Gasteiger partial charge in [-0.25, -0.2) is 9.59 Å². The molecule has 0 spiro atoms. The van der Waals surface area contributed by atoms with Gasteiger partial charge in [0.05, 0.1) is 11.1 Å². The molecule has 0 saturated heterocycles. The molecule has 4 aliphatic rings. The minimum atomic E-state index is -0.256. The van der Waals surface area contributed by atoms with Crippen LogP contribution in [0.2, 0.25) is 0 Å². The van der Waals surface area contributed by atoms with E-state index in [9.17, 15) is 9.59 Å². The lowest BCUT2D eigenvalue weighted by Gasteiger charge is -2.59. The van der Waals surface area contributed by atoms with Gasteiger partial charge in [-0.05, 0) is 109 Å². The van der Waals surface area contributed by atoms with Crippen LogP contribution in [0.5, 0.6) is 0 Å². The van der Waals surface area contributed by atoms with E-state index in [0.29, 0.717) is 28.9 Å². The van der Waals surface area contributed by atoms with Crippen LogP contribution in [0.4, 0.5) is 0 Å². The zero-order valence-electron chi connectivity index (χ0n) is 28.2. The minimum Gasteiger partial charge on any atom is -0.458 e. The molecule has 6 rings (SSSR count). The molecule has 0 amide bonds. The van der Waals surface area contributed by atoms with E-state index in [-0.39, 0.29) is 35.0 Å². The van der Waals surface area contributed by atoms with Crippen molar-refractivity contribution in [1.82, 2.24) is 0 Å². The van der Waals surface area contributed by atoms with Crippen LogP contribution in [-0.4, -0.2) is 24.1 Å². The molecule has 4 nitrogen and oxygen atoms in total. The fourth-order valence-corrected chi connectivity index (χ4v) is 10.4. The molecule has 242 valence electrons. The molecule has 3 saturated carbocycles. The van der Waals surface area contributed by atoms with Crippen LogP contribution in [0.25, 0.3) is 0 Å². The summed E-state index contributed by atoms with van der Waals surface area (Å²) in [5.41, 5.74) is 2.85. The number of benzene rings is 2. The number of ether oxygens (including phenoxy) is 2. The third-order valence-corrected chi connectivity index (χ3v) is 12.8. The first-order valence-corrected chi connectivity index (χ1v) is 17.8. The molecule has 4 aliphatic carbocycles. The van der Waals surface area contributed by atoms with Gasteiger partial charge in [-0.1, -0.05) is 95.9 Å². The van der Waals surface area contributed by atoms with Gasteiger partial charge in [-0.3, -0.25) is 0 Å². The molecule has 0 radical (unpaired) electrons. The Bertz CT molecular complexity index is 1360. The van der Waals surface area contributed by atoms with E-state index < -0.39 is 0 Å². The predicted octanol–water partition coefficient (Wildman–Crippen LogP) is 10.1. The second-order valence-corrected chi connectivity index (χ2v) is 15.8. The highest BCUT2D eigenvalue weighted by Gasteiger charge is 2.62. The largest absolute Gasteiger partial charge is 0.458 e. The third kappa shape index (κ3) is 6.28. The van der Waals surface area contributed by atoms with E-state index in [4.69, 9.17) is 9.47 Å². The number of fused-ring (bicyclic) bond motifs is 5. The van der Waals surface area contributed by atoms with Crippen molar-refractivity contribution >= 4 is 11.9 Å². The van der Waals surface area contributed by atoms with Crippen molar-refractivity contribution in [3.63, 3.8) is 0 Å². The molecule has 9 atom stereocenters. The number of rotatable bonds is 9. The molecule has 3 fully saturated rings. The number of esters is 2. The Morgan fingerprint density at radius 2 is 1.42 bits per heavy atom. The zero-order valence-corrected chi connectivity index (χ0v) is 28.2. The average Bonchev–Trinajstić information content (AvgIpc) is 3.39. The predicted molar refractivity (Wildman–Crippen MR) is 180 cm³/mol. The van der Waals surface area contributed by atoms with E-state index in [1.807, 2.05) is 60.7 Å². The molecule has 2 aromatic carbocycles. The fourth-order valence-electron chi connectivity index (χ4n) is 10.4. The van der Waals surface area contributed by atoms with E-state index in [2.05, 4.69) is 40.7 Å². The third-order valence-electron chi connectivity index (χ3n) is 12.8. The van der Waals surface area contributed by atoms with Crippen LogP contribution < -0.4 is 0 Å². The van der Waals surface area contributed by atoms with E-state index in [0.717, 1.165) is 37.0 Å². The molecular formula is C41H54O4. The summed E-state index contributed by atoms with van der Waals surface area (Å²) < 4.78 is 12.6. The van der Waals surface area contributed by atoms with E-state index in [1.165, 1.54) is 50.5 Å². The maximum absolute atomic E-state index is 13.6. The topological polar surface area (TPSA) is 52.6 Å². The first kappa shape index (κ1) is 32.1. The summed E-state index contributed by atoms with van der Waals surface area (Å²) in [5, 5.41) is 0. The summed E-state index contributed by atoms with van der Waals surface area (Å²) in [5.74, 6) is 3.07. The van der Waals surface area contributed by atoms with Gasteiger partial charge >= 0.3 is 11.9 Å². The Kier molecular flexibility index (Phi) is 9.33. The zero-order chi connectivity index (χ0) is 31.8. The van der Waals surface area contributed by atoms with Gasteiger partial charge in [0.1, 0.15) is 12.2 Å². The number of carbonyl (C=O) groups excluding carboxylic acids is 2. The summed E-state index contributed by atoms with van der Waals surface area (Å²) in [6, 6.07) is 18.8. The summed E-state index contributed by atoms with van der Waals surface area (Å²) in [7, 11) is 0. The van der Waals surface area contributed by atoms with Crippen molar-refractivity contribution in [2.24, 2.45) is 46.3 Å². The smallest absolute Gasteiger partial charge is 0.338 e. The molecular weight excluding hydrogens is 556 g/mol. The molecule has 0 heterocycles. The van der Waals surface area contributed by atoms with Crippen LogP contribution >= 0.6 is 0 Å². The summed E-state index contributed by atoms with van der Waals surface area (Å²) in [4.78, 5) is 26.6. The first-order valence-electron chi connectivity index (χ1n) is 17.8. The van der Waals surface area contributed by atoms with Crippen LogP contribution in [0.3, 0.4) is 0 Å². The van der Waals surface area contributed by atoms with Gasteiger partial charge in [0, 0.05) is 12.3 Å². The van der Waals surface area contributed by atoms with Crippen molar-refractivity contribution in [3.8, 4) is 0 Å². The van der Waals surface area contributed by atoms with Crippen molar-refractivity contribution in [3.05, 3.63) is 83.4 Å². The standard InChI is InChI=1S/C41H54O4/c1-27(2)13-12-14-28(3)33-19-20-34-37-35(22-24-41(33,34)5)40(4)23-21-32(44-38(42)29-15-8-6-9-16-29)25-31(40)26-36(37)45-39(43)30-17-10-7-11-18-30/h6-11,15-18,26-28,32-37H,12-14,19-25H2,1-5H3/t28-,32-,33-,34+,35+,36+,37+,40-,41-/m0/s1. The van der Waals surface area contributed by atoms with Gasteiger partial charge in [-0.2, -0.15) is 0 Å². The second-order valence-electron chi connectivity index (χ2n) is 15.8. The quantitative estimate of drug-likeness (QED) is 0.209. The summed E-state index contributed by atoms with van der Waals surface area (Å²) >= 11 is 0. The Labute approximate surface area is 271 Å². The Hall–Kier alpha value is -2.88. The first-order chi connectivity index (χ1) is 21.6. The molecule has 0 bridgehead atoms. The molecule has 0 aromatic heterocycles. The lowest BCUT2D eigenvalue weighted by molar-refractivity contribution is -0.102. The Morgan fingerprint density at radius 3 is 2.07 bits per heavy atom. The maximum atomic E-state index is 13.6. The summed E-state index contributed by atoms with van der Waals surface area (Å²) in [6.07, 6.45) is 13.4. The molecule has 0 unspecified atom stereocenters. The maximum Gasteiger partial charge on any atom is 0.338 e. The van der Waals surface area contributed by atoms with Crippen molar-refractivity contribution < 1.29 is 19.1 Å². The number of hydrogen-bond donors (Lipinski definition) is 0. The SMILES string of the molecule is CC(C)CCC[C@H](C)[C@@H]1CC[C@@H]2[C@@H]3[C@@H](CC[C@]21C)[C@@]1(C)CC[C@H](OC(=O)c2ccccc2)CC1=C[C@H]3OC(=O)c1ccccc1. The minimum absolute atomic E-state index is 0.0400. The van der Waals surface area contributed by atoms with Gasteiger partial charge < -0.3 is 9.47 Å². The molecule has 45 heavy (non-hydrogen) atoms. The van der Waals surface area contributed by atoms with Crippen LogP contribution in [-0.2, 0) is 9.47 Å². The van der Waals surface area contributed by atoms with Gasteiger partial charge in [0.25, 0.3) is 0 Å². The van der Waals surface area contributed by atoms with Crippen LogP contribution in [0.1, 0.15) is 120 Å². The lowest BCUT2D eigenvalue weighted by atomic mass is 9.46. The molecule has 4 heteroatoms. The van der Waals surface area contributed by atoms with E-state index in [1.54, 1.807) is 0 Å². The van der Waals surface area contributed by atoms with Crippen molar-refractivity contribution in [1.29, 1.82) is 0 Å². The van der Waals surface area contributed by atoms with Crippen LogP contribution in [0.15, 0.2) is 72.3 Å². The Balaban J connectivity index is 1.28. The van der Waals surface area contributed by atoms with E-state index >= 15 is 0 Å². The lowest BCUT2D eigenvalue weighted by Crippen LogP contribution is -2.55. The van der Waals surface area contributed by atoms with Crippen LogP contribution in [0, 0.1) is 46.3 Å².